The predicted octanol–water partition coefficient (Wildman–Crippen LogP) is 4.17. The second-order valence-corrected chi connectivity index (χ2v) is 8.92. The Kier molecular flexibility index (Phi) is 8.62. The summed E-state index contributed by atoms with van der Waals surface area (Å²) in [6.45, 7) is 7.96. The molecular weight excluding hydrogens is 418 g/mol. The quantitative estimate of drug-likeness (QED) is 0.308. The fourth-order valence-corrected chi connectivity index (χ4v) is 4.04. The minimum atomic E-state index is -4.25. The molecule has 0 bridgehead atoms. The summed E-state index contributed by atoms with van der Waals surface area (Å²) < 4.78 is 36.0. The van der Waals surface area contributed by atoms with Crippen molar-refractivity contribution in [1.82, 2.24) is 4.90 Å². The van der Waals surface area contributed by atoms with Gasteiger partial charge >= 0.3 is 16.1 Å². The van der Waals surface area contributed by atoms with Gasteiger partial charge in [0.15, 0.2) is 0 Å². The van der Waals surface area contributed by atoms with Crippen LogP contribution in [0, 0.1) is 0 Å². The van der Waals surface area contributed by atoms with Gasteiger partial charge in [0.1, 0.15) is 10.6 Å². The number of unbranched alkanes of at least 4 members (excludes halogenated alkanes) is 1. The van der Waals surface area contributed by atoms with Gasteiger partial charge in [-0.25, -0.2) is 4.79 Å². The van der Waals surface area contributed by atoms with Gasteiger partial charge < -0.3 is 13.8 Å². The molecule has 0 saturated carbocycles. The third-order valence-corrected chi connectivity index (χ3v) is 5.92. The second kappa shape index (κ2) is 10.9. The summed E-state index contributed by atoms with van der Waals surface area (Å²) >= 11 is 0. The van der Waals surface area contributed by atoms with Gasteiger partial charge in [0.25, 0.3) is 0 Å². The third-order valence-electron chi connectivity index (χ3n) is 4.62. The summed E-state index contributed by atoms with van der Waals surface area (Å²) in [4.78, 5) is 25.5. The molecule has 0 aliphatic carbocycles. The molecule has 0 aliphatic rings. The molecule has 8 heteroatoms. The maximum Gasteiger partial charge on any atom is 0.340 e. The molecular formula is C23H29NO6S. The van der Waals surface area contributed by atoms with Gasteiger partial charge in [-0.2, -0.15) is 8.42 Å². The van der Waals surface area contributed by atoms with Crippen molar-refractivity contribution in [3.05, 3.63) is 59.7 Å². The lowest BCUT2D eigenvalue weighted by Gasteiger charge is -2.25. The Morgan fingerprint density at radius 1 is 1.03 bits per heavy atom. The highest BCUT2D eigenvalue weighted by molar-refractivity contribution is 7.87. The highest BCUT2D eigenvalue weighted by Gasteiger charge is 2.25. The molecule has 0 aliphatic heterocycles. The van der Waals surface area contributed by atoms with Crippen molar-refractivity contribution in [1.29, 1.82) is 0 Å². The van der Waals surface area contributed by atoms with Crippen LogP contribution in [0.4, 0.5) is 0 Å². The van der Waals surface area contributed by atoms with Crippen LogP contribution in [0.5, 0.6) is 5.75 Å². The number of hydrogen-bond acceptors (Lipinski definition) is 6. The molecule has 0 unspecified atom stereocenters. The molecule has 1 amide bonds. The van der Waals surface area contributed by atoms with Crippen LogP contribution in [0.15, 0.2) is 53.4 Å². The Morgan fingerprint density at radius 2 is 1.68 bits per heavy atom. The molecule has 0 radical (unpaired) electrons. The van der Waals surface area contributed by atoms with E-state index in [1.165, 1.54) is 37.3 Å². The van der Waals surface area contributed by atoms with Gasteiger partial charge in [-0.15, -0.1) is 0 Å². The van der Waals surface area contributed by atoms with Crippen LogP contribution in [0.25, 0.3) is 0 Å². The van der Waals surface area contributed by atoms with Crippen LogP contribution in [0.3, 0.4) is 0 Å². The van der Waals surface area contributed by atoms with Crippen molar-refractivity contribution in [3.8, 4) is 5.75 Å². The minimum Gasteiger partial charge on any atom is -0.462 e. The van der Waals surface area contributed by atoms with Gasteiger partial charge in [0, 0.05) is 19.5 Å². The average molecular weight is 448 g/mol. The predicted molar refractivity (Wildman–Crippen MR) is 117 cm³/mol. The summed E-state index contributed by atoms with van der Waals surface area (Å²) in [7, 11) is -4.25. The van der Waals surface area contributed by atoms with Crippen molar-refractivity contribution >= 4 is 22.0 Å². The highest BCUT2D eigenvalue weighted by Crippen LogP contribution is 2.23. The number of nitrogens with zero attached hydrogens (tertiary/aromatic N) is 1. The van der Waals surface area contributed by atoms with Gasteiger partial charge in [0.05, 0.1) is 12.2 Å². The topological polar surface area (TPSA) is 90.0 Å². The van der Waals surface area contributed by atoms with Crippen molar-refractivity contribution in [2.24, 2.45) is 0 Å². The van der Waals surface area contributed by atoms with E-state index in [-0.39, 0.29) is 34.8 Å². The normalized spacial score (nSPS) is 11.3. The Balaban J connectivity index is 2.18. The number of rotatable bonds is 10. The zero-order valence-corrected chi connectivity index (χ0v) is 19.1. The van der Waals surface area contributed by atoms with E-state index >= 15 is 0 Å². The van der Waals surface area contributed by atoms with E-state index < -0.39 is 16.1 Å². The van der Waals surface area contributed by atoms with Crippen LogP contribution in [0.1, 0.15) is 56.5 Å². The lowest BCUT2D eigenvalue weighted by atomic mass is 10.2. The van der Waals surface area contributed by atoms with E-state index in [1.807, 2.05) is 20.8 Å². The SMILES string of the molecule is CCCCOC(=O)c1ccccc1S(=O)(=O)Oc1ccc(CN(C(C)=O)C(C)C)cc1. The molecule has 2 aromatic rings. The van der Waals surface area contributed by atoms with E-state index in [2.05, 4.69) is 0 Å². The molecule has 0 N–H and O–H groups in total. The number of amides is 1. The first kappa shape index (κ1) is 24.4. The maximum atomic E-state index is 12.8. The Morgan fingerprint density at radius 3 is 2.26 bits per heavy atom. The molecule has 0 heterocycles. The van der Waals surface area contributed by atoms with Crippen molar-refractivity contribution in [2.45, 2.75) is 58.0 Å². The molecule has 31 heavy (non-hydrogen) atoms. The van der Waals surface area contributed by atoms with Crippen LogP contribution < -0.4 is 4.18 Å². The van der Waals surface area contributed by atoms with Crippen LogP contribution >= 0.6 is 0 Å². The molecule has 0 fully saturated rings. The highest BCUT2D eigenvalue weighted by atomic mass is 32.2. The smallest absolute Gasteiger partial charge is 0.340 e. The average Bonchev–Trinajstić information content (AvgIpc) is 2.72. The number of ether oxygens (including phenoxy) is 1. The first-order chi connectivity index (χ1) is 14.7. The van der Waals surface area contributed by atoms with Crippen LogP contribution in [-0.4, -0.2) is 37.8 Å². The van der Waals surface area contributed by atoms with Gasteiger partial charge in [-0.05, 0) is 50.1 Å². The Hall–Kier alpha value is -2.87. The second-order valence-electron chi connectivity index (χ2n) is 7.41. The number of esters is 1. The minimum absolute atomic E-state index is 0.0414. The summed E-state index contributed by atoms with van der Waals surface area (Å²) in [5, 5.41) is 0. The fourth-order valence-electron chi connectivity index (χ4n) is 2.92. The monoisotopic (exact) mass is 447 g/mol. The first-order valence-electron chi connectivity index (χ1n) is 10.2. The van der Waals surface area contributed by atoms with E-state index in [0.29, 0.717) is 13.0 Å². The van der Waals surface area contributed by atoms with Gasteiger partial charge in [-0.3, -0.25) is 4.79 Å². The zero-order valence-electron chi connectivity index (χ0n) is 18.3. The Labute approximate surface area is 184 Å². The van der Waals surface area contributed by atoms with E-state index in [9.17, 15) is 18.0 Å². The number of hydrogen-bond donors (Lipinski definition) is 0. The summed E-state index contributed by atoms with van der Waals surface area (Å²) in [6, 6.07) is 12.3. The molecule has 0 spiro atoms. The van der Waals surface area contributed by atoms with E-state index in [0.717, 1.165) is 12.0 Å². The first-order valence-corrected chi connectivity index (χ1v) is 11.6. The molecule has 0 atom stereocenters. The van der Waals surface area contributed by atoms with E-state index in [4.69, 9.17) is 8.92 Å². The van der Waals surface area contributed by atoms with Gasteiger partial charge in [-0.1, -0.05) is 37.6 Å². The van der Waals surface area contributed by atoms with Crippen molar-refractivity contribution in [3.63, 3.8) is 0 Å². The molecule has 0 aromatic heterocycles. The fraction of sp³-hybridized carbons (Fsp3) is 0.391. The number of benzene rings is 2. The number of carbonyl (C=O) groups is 2. The summed E-state index contributed by atoms with van der Waals surface area (Å²) in [5.41, 5.74) is 0.776. The molecule has 2 aromatic carbocycles. The van der Waals surface area contributed by atoms with Gasteiger partial charge in [0.2, 0.25) is 5.91 Å². The molecule has 7 nitrogen and oxygen atoms in total. The standard InChI is InChI=1S/C23H29NO6S/c1-5-6-15-29-23(26)21-9-7-8-10-22(21)31(27,28)30-20-13-11-19(12-14-20)16-24(17(2)3)18(4)25/h7-14,17H,5-6,15-16H2,1-4H3. The maximum absolute atomic E-state index is 12.8. The van der Waals surface area contributed by atoms with Crippen LogP contribution in [0.2, 0.25) is 0 Å². The molecule has 0 saturated heterocycles. The lowest BCUT2D eigenvalue weighted by molar-refractivity contribution is -0.131. The Bertz CT molecular complexity index is 999. The molecule has 168 valence electrons. The van der Waals surface area contributed by atoms with E-state index in [1.54, 1.807) is 23.1 Å². The third kappa shape index (κ3) is 6.82. The largest absolute Gasteiger partial charge is 0.462 e. The van der Waals surface area contributed by atoms with Crippen molar-refractivity contribution in [2.75, 3.05) is 6.61 Å². The summed E-state index contributed by atoms with van der Waals surface area (Å²) in [5.74, 6) is -0.637. The van der Waals surface area contributed by atoms with Crippen LogP contribution in [-0.2, 0) is 26.2 Å². The molecule has 2 rings (SSSR count). The zero-order chi connectivity index (χ0) is 23.0. The number of carbonyl (C=O) groups excluding carboxylic acids is 2. The summed E-state index contributed by atoms with van der Waals surface area (Å²) in [6.07, 6.45) is 1.55. The lowest BCUT2D eigenvalue weighted by Crippen LogP contribution is -2.34. The van der Waals surface area contributed by atoms with Crippen molar-refractivity contribution < 1.29 is 26.9 Å².